The molecule has 0 saturated heterocycles. The van der Waals surface area contributed by atoms with Crippen molar-refractivity contribution in [3.05, 3.63) is 301 Å². The van der Waals surface area contributed by atoms with Crippen LogP contribution < -0.4 is 39.9 Å². The predicted octanol–water partition coefficient (Wildman–Crippen LogP) is 16.9. The van der Waals surface area contributed by atoms with E-state index in [9.17, 15) is 0 Å². The minimum absolute atomic E-state index is 0. The summed E-state index contributed by atoms with van der Waals surface area (Å²) in [5.74, 6) is 0. The number of hydrogen-bond acceptors (Lipinski definition) is 18. The number of fused-ring (bicyclic) bond motifs is 38. The van der Waals surface area contributed by atoms with E-state index >= 15 is 0 Å². The fraction of sp³-hybridized carbons (Fsp3) is 0.0652. The summed E-state index contributed by atoms with van der Waals surface area (Å²) in [4.78, 5) is 102. The van der Waals surface area contributed by atoms with E-state index in [1.54, 1.807) is 36.7 Å². The summed E-state index contributed by atoms with van der Waals surface area (Å²) in [6.07, 6.45) is 3.45. The Kier molecular flexibility index (Phi) is 25.0. The molecular formula is C92H62N26Pt4. The number of aromatic nitrogens is 26. The standard InChI is InChI=1S/C28H18N8.C26H22N4.C20H12N6.C18H10N8.4Pt/c1-15-11-21-29-22(12-15)32-26-18-8-4-6-10-20(18)28(36-26)34-24-14-16(2)13-23(30-24)33-27-19-9-5-3-7-17(19)25(31-21)35-27;1-15-16(2)24-12-20-8-6-10-22(28-20)14-26-18(4)17(3)25(30-26)13-21-9-5-7-19(27-21)11-23(15)29-24;1-3-13-7-17-11-22-20(25-17)10-16-6-2-4-14(24-16)8-18-12-21-19(26-18)9-15(5-1)23-13;1-3-11-7-15-21-17(25-23-15)9-13-5-2-6-14(20-13)10-18-22-16(24-26-18)8-12(4-1)19-11;;;;/h3-14H,1-2H3;5-14H,1-4H3;1-12H;1-10H;;;;/q4*-2;4*+2. The van der Waals surface area contributed by atoms with Crippen molar-refractivity contribution in [2.45, 2.75) is 41.5 Å². The van der Waals surface area contributed by atoms with Crippen molar-refractivity contribution >= 4 is 200 Å². The van der Waals surface area contributed by atoms with E-state index in [2.05, 4.69) is 97.9 Å². The molecule has 26 nitrogen and oxygen atoms in total. The quantitative estimate of drug-likeness (QED) is 0.136. The van der Waals surface area contributed by atoms with Crippen molar-refractivity contribution in [2.75, 3.05) is 0 Å². The molecule has 0 saturated carbocycles. The largest absolute Gasteiger partial charge is 2.00 e. The Bertz CT molecular complexity index is 7140. The van der Waals surface area contributed by atoms with Gasteiger partial charge in [-0.25, -0.2) is 39.9 Å². The zero-order valence-corrected chi connectivity index (χ0v) is 74.4. The van der Waals surface area contributed by atoms with Crippen LogP contribution in [0, 0.1) is 41.5 Å². The number of nitrogens with zero attached hydrogens (tertiary/aromatic N) is 26. The summed E-state index contributed by atoms with van der Waals surface area (Å²) >= 11 is 0. The van der Waals surface area contributed by atoms with Crippen LogP contribution in [0.25, 0.3) is 200 Å². The molecule has 0 aliphatic carbocycles. The number of imidazole rings is 2. The van der Waals surface area contributed by atoms with Crippen LogP contribution in [0.3, 0.4) is 0 Å². The molecule has 0 spiro atoms. The molecule has 122 heavy (non-hydrogen) atoms. The second kappa shape index (κ2) is 36.5. The molecule has 0 fully saturated rings. The average Bonchev–Trinajstić information content (AvgIpc) is 1.64. The average molecular weight is 2310 g/mol. The van der Waals surface area contributed by atoms with Gasteiger partial charge in [0, 0.05) is 45.2 Å². The SMILES string of the molecule is Cc1c(C)c2cc3cccc(cc4[n-]c(cc5cccc(cc1[n-]2)n5)c(C)c4C)n3.Cc1cc2nc(c1)nc1[n-]c(nc3cc(C)cc(n3)nc3[n-]c(n2)c2ccccc32)c2ccccc12.[Pt+2].[Pt+2].[Pt+2].[Pt+2].c1cc2cc3cnc(cc4cccc(cc5cnc(cc(c1)n2)[n-]5)n4)[n-]3.c1cc2cc3nnc(cc4cccc(cc5nnc(cc(c1)n2)[n-]5)n4)[n-]3. The van der Waals surface area contributed by atoms with Crippen LogP contribution in [-0.2, 0) is 84.3 Å². The van der Waals surface area contributed by atoms with Crippen molar-refractivity contribution in [1.82, 2.24) is 130 Å². The van der Waals surface area contributed by atoms with E-state index in [0.717, 1.165) is 154 Å². The molecule has 2 aromatic carbocycles. The van der Waals surface area contributed by atoms with E-state index in [-0.39, 0.29) is 84.3 Å². The minimum Gasteiger partial charge on any atom is -0.657 e. The normalized spacial score (nSPS) is 10.9. The summed E-state index contributed by atoms with van der Waals surface area (Å²) in [5, 5.41) is 19.9. The second-order valence-corrected chi connectivity index (χ2v) is 28.1. The van der Waals surface area contributed by atoms with Gasteiger partial charge in [0.25, 0.3) is 0 Å². The van der Waals surface area contributed by atoms with Crippen LogP contribution in [0.5, 0.6) is 0 Å². The fourth-order valence-corrected chi connectivity index (χ4v) is 13.5. The molecule has 0 unspecified atom stereocenters. The van der Waals surface area contributed by atoms with Gasteiger partial charge in [0.05, 0.1) is 88.8 Å². The predicted molar refractivity (Wildman–Crippen MR) is 462 cm³/mol. The van der Waals surface area contributed by atoms with Crippen LogP contribution >= 0.6 is 0 Å². The maximum atomic E-state index is 4.86. The van der Waals surface area contributed by atoms with Gasteiger partial charge in [-0.3, -0.25) is 0 Å². The third-order valence-electron chi connectivity index (χ3n) is 19.4. The zero-order chi connectivity index (χ0) is 79.7. The minimum atomic E-state index is 0. The third kappa shape index (κ3) is 19.1. The first-order chi connectivity index (χ1) is 57.7. The molecule has 0 aliphatic rings. The first kappa shape index (κ1) is 83.4. The van der Waals surface area contributed by atoms with E-state index in [0.29, 0.717) is 79.1 Å². The summed E-state index contributed by atoms with van der Waals surface area (Å²) in [6, 6.07) is 81.1. The van der Waals surface area contributed by atoms with Crippen molar-refractivity contribution in [3.8, 4) is 0 Å². The molecular weight excluding hydrogens is 2250 g/mol. The number of hydrogen-bond donors (Lipinski definition) is 0. The molecule has 22 aromatic rings. The van der Waals surface area contributed by atoms with Gasteiger partial charge in [-0.2, -0.15) is 0 Å². The first-order valence-corrected chi connectivity index (χ1v) is 37.6. The van der Waals surface area contributed by atoms with Gasteiger partial charge < -0.3 is 90.2 Å². The molecule has 32 bridgehead atoms. The van der Waals surface area contributed by atoms with Gasteiger partial charge >= 0.3 is 84.3 Å². The van der Waals surface area contributed by atoms with E-state index in [1.807, 2.05) is 244 Å². The fourth-order valence-electron chi connectivity index (χ4n) is 13.5. The van der Waals surface area contributed by atoms with Crippen molar-refractivity contribution in [1.29, 1.82) is 0 Å². The molecule has 0 aliphatic heterocycles. The molecule has 0 N–H and O–H groups in total. The Labute approximate surface area is 749 Å². The second-order valence-electron chi connectivity index (χ2n) is 28.1. The first-order valence-electron chi connectivity index (χ1n) is 37.6. The van der Waals surface area contributed by atoms with Crippen LogP contribution in [0.1, 0.15) is 33.4 Å². The maximum absolute atomic E-state index is 4.86. The van der Waals surface area contributed by atoms with Crippen molar-refractivity contribution < 1.29 is 84.3 Å². The van der Waals surface area contributed by atoms with Gasteiger partial charge in [-0.1, -0.05) is 155 Å². The van der Waals surface area contributed by atoms with Gasteiger partial charge in [-0.15, -0.1) is 22.1 Å². The van der Waals surface area contributed by atoms with Gasteiger partial charge in [0.15, 0.2) is 0 Å². The van der Waals surface area contributed by atoms with Gasteiger partial charge in [-0.05, 0) is 231 Å². The molecule has 0 atom stereocenters. The molecule has 600 valence electrons. The summed E-state index contributed by atoms with van der Waals surface area (Å²) in [5.41, 5.74) is 29.0. The number of benzene rings is 2. The van der Waals surface area contributed by atoms with E-state index in [1.165, 1.54) is 0 Å². The Morgan fingerprint density at radius 1 is 0.197 bits per heavy atom. The molecule has 0 amide bonds. The summed E-state index contributed by atoms with van der Waals surface area (Å²) < 4.78 is 0. The number of rotatable bonds is 0. The van der Waals surface area contributed by atoms with Crippen molar-refractivity contribution in [2.24, 2.45) is 0 Å². The Hall–Kier alpha value is -13.6. The van der Waals surface area contributed by atoms with Crippen LogP contribution in [0.4, 0.5) is 0 Å². The Morgan fingerprint density at radius 3 is 0.680 bits per heavy atom. The molecule has 20 aromatic heterocycles. The smallest absolute Gasteiger partial charge is 0.657 e. The van der Waals surface area contributed by atoms with Crippen LogP contribution in [0.2, 0.25) is 0 Å². The van der Waals surface area contributed by atoms with Crippen LogP contribution in [0.15, 0.2) is 267 Å². The Balaban J connectivity index is 0.000000126. The van der Waals surface area contributed by atoms with E-state index < -0.39 is 0 Å². The van der Waals surface area contributed by atoms with Crippen LogP contribution in [-0.4, -0.2) is 90.2 Å². The Morgan fingerprint density at radius 2 is 0.426 bits per heavy atom. The number of pyridine rings is 8. The van der Waals surface area contributed by atoms with Gasteiger partial charge in [0.2, 0.25) is 0 Å². The maximum Gasteiger partial charge on any atom is 2.00 e. The molecule has 22 rings (SSSR count). The van der Waals surface area contributed by atoms with Crippen molar-refractivity contribution in [3.63, 3.8) is 0 Å². The third-order valence-corrected chi connectivity index (χ3v) is 19.4. The monoisotopic (exact) mass is 2310 g/mol. The summed E-state index contributed by atoms with van der Waals surface area (Å²) in [7, 11) is 0. The number of aryl methyl sites for hydroxylation is 6. The topological polar surface area (TPSA) is 345 Å². The molecule has 0 radical (unpaired) electrons. The molecule has 20 heterocycles. The summed E-state index contributed by atoms with van der Waals surface area (Å²) in [6.45, 7) is 12.4. The van der Waals surface area contributed by atoms with Gasteiger partial charge in [0.1, 0.15) is 0 Å². The zero-order valence-electron chi connectivity index (χ0n) is 65.3. The van der Waals surface area contributed by atoms with E-state index in [4.69, 9.17) is 59.8 Å². The molecule has 30 heteroatoms.